The third kappa shape index (κ3) is 4.77. The minimum Gasteiger partial charge on any atom is -0.379 e. The Morgan fingerprint density at radius 2 is 2.29 bits per heavy atom. The van der Waals surface area contributed by atoms with E-state index in [9.17, 15) is 0 Å². The number of nitrogens with one attached hydrogen (secondary N) is 1. The van der Waals surface area contributed by atoms with Gasteiger partial charge in [0.15, 0.2) is 0 Å². The van der Waals surface area contributed by atoms with Crippen LogP contribution in [0.25, 0.3) is 0 Å². The van der Waals surface area contributed by atoms with E-state index in [4.69, 9.17) is 4.74 Å². The standard InChI is InChI=1S/C10H17N3O/c1-9(2)8-14-6-5-13-10-7-11-3-4-12-10/h3-4,7,9H,5-6,8H2,1-2H3,(H,12,13). The van der Waals surface area contributed by atoms with Crippen molar-refractivity contribution in [1.29, 1.82) is 0 Å². The third-order valence-electron chi connectivity index (χ3n) is 1.57. The summed E-state index contributed by atoms with van der Waals surface area (Å²) >= 11 is 0. The summed E-state index contributed by atoms with van der Waals surface area (Å²) in [6.07, 6.45) is 5.01. The molecule has 0 atom stereocenters. The second-order valence-electron chi connectivity index (χ2n) is 3.49. The zero-order chi connectivity index (χ0) is 10.2. The minimum absolute atomic E-state index is 0.589. The van der Waals surface area contributed by atoms with E-state index in [-0.39, 0.29) is 0 Å². The molecule has 14 heavy (non-hydrogen) atoms. The predicted molar refractivity (Wildman–Crippen MR) is 56.2 cm³/mol. The SMILES string of the molecule is CC(C)COCCNc1cnccn1. The van der Waals surface area contributed by atoms with Crippen molar-refractivity contribution in [3.05, 3.63) is 18.6 Å². The van der Waals surface area contributed by atoms with Gasteiger partial charge in [0, 0.05) is 25.5 Å². The van der Waals surface area contributed by atoms with Crippen LogP contribution < -0.4 is 5.32 Å². The predicted octanol–water partition coefficient (Wildman–Crippen LogP) is 1.56. The molecule has 0 saturated carbocycles. The molecule has 0 fully saturated rings. The van der Waals surface area contributed by atoms with Crippen molar-refractivity contribution in [2.24, 2.45) is 5.92 Å². The summed E-state index contributed by atoms with van der Waals surface area (Å²) in [6, 6.07) is 0. The summed E-state index contributed by atoms with van der Waals surface area (Å²) in [5.41, 5.74) is 0. The molecule has 1 rings (SSSR count). The second-order valence-corrected chi connectivity index (χ2v) is 3.49. The topological polar surface area (TPSA) is 47.0 Å². The summed E-state index contributed by atoms with van der Waals surface area (Å²) in [5.74, 6) is 1.38. The van der Waals surface area contributed by atoms with E-state index in [1.165, 1.54) is 0 Å². The lowest BCUT2D eigenvalue weighted by molar-refractivity contribution is 0.118. The second kappa shape index (κ2) is 6.32. The maximum Gasteiger partial charge on any atom is 0.144 e. The van der Waals surface area contributed by atoms with Gasteiger partial charge in [-0.25, -0.2) is 4.98 Å². The number of ether oxygens (including phenoxy) is 1. The number of aromatic nitrogens is 2. The Hall–Kier alpha value is -1.16. The van der Waals surface area contributed by atoms with E-state index < -0.39 is 0 Å². The van der Waals surface area contributed by atoms with Crippen molar-refractivity contribution in [2.45, 2.75) is 13.8 Å². The molecule has 0 saturated heterocycles. The van der Waals surface area contributed by atoms with E-state index in [1.54, 1.807) is 18.6 Å². The fourth-order valence-corrected chi connectivity index (χ4v) is 0.961. The first-order valence-electron chi connectivity index (χ1n) is 4.86. The minimum atomic E-state index is 0.589. The molecule has 0 aliphatic carbocycles. The first-order valence-corrected chi connectivity index (χ1v) is 4.86. The molecular weight excluding hydrogens is 178 g/mol. The number of hydrogen-bond acceptors (Lipinski definition) is 4. The quantitative estimate of drug-likeness (QED) is 0.700. The van der Waals surface area contributed by atoms with Crippen molar-refractivity contribution in [3.63, 3.8) is 0 Å². The van der Waals surface area contributed by atoms with Crippen LogP contribution in [0.4, 0.5) is 5.82 Å². The molecule has 78 valence electrons. The van der Waals surface area contributed by atoms with Crippen LogP contribution in [0, 0.1) is 5.92 Å². The van der Waals surface area contributed by atoms with E-state index in [2.05, 4.69) is 29.1 Å². The van der Waals surface area contributed by atoms with Crippen LogP contribution in [0.5, 0.6) is 0 Å². The monoisotopic (exact) mass is 195 g/mol. The highest BCUT2D eigenvalue weighted by atomic mass is 16.5. The highest BCUT2D eigenvalue weighted by Gasteiger charge is 1.94. The van der Waals surface area contributed by atoms with Crippen molar-refractivity contribution in [2.75, 3.05) is 25.1 Å². The summed E-state index contributed by atoms with van der Waals surface area (Å²) < 4.78 is 5.41. The highest BCUT2D eigenvalue weighted by molar-refractivity contribution is 5.29. The van der Waals surface area contributed by atoms with Gasteiger partial charge in [0.1, 0.15) is 5.82 Å². The maximum absolute atomic E-state index is 5.41. The number of nitrogens with zero attached hydrogens (tertiary/aromatic N) is 2. The average molecular weight is 195 g/mol. The zero-order valence-electron chi connectivity index (χ0n) is 8.73. The lowest BCUT2D eigenvalue weighted by Gasteiger charge is -2.07. The molecule has 1 aromatic rings. The van der Waals surface area contributed by atoms with Gasteiger partial charge >= 0.3 is 0 Å². The Morgan fingerprint density at radius 1 is 1.43 bits per heavy atom. The van der Waals surface area contributed by atoms with Crippen LogP contribution in [0.3, 0.4) is 0 Å². The Kier molecular flexibility index (Phi) is 4.93. The fourth-order valence-electron chi connectivity index (χ4n) is 0.961. The molecule has 4 heteroatoms. The van der Waals surface area contributed by atoms with E-state index in [0.29, 0.717) is 12.5 Å². The van der Waals surface area contributed by atoms with Crippen LogP contribution in [-0.4, -0.2) is 29.7 Å². The van der Waals surface area contributed by atoms with Crippen LogP contribution >= 0.6 is 0 Å². The smallest absolute Gasteiger partial charge is 0.144 e. The highest BCUT2D eigenvalue weighted by Crippen LogP contribution is 1.96. The summed E-state index contributed by atoms with van der Waals surface area (Å²) in [4.78, 5) is 8.03. The van der Waals surface area contributed by atoms with Gasteiger partial charge < -0.3 is 10.1 Å². The van der Waals surface area contributed by atoms with Crippen LogP contribution in [-0.2, 0) is 4.74 Å². The molecule has 0 amide bonds. The largest absolute Gasteiger partial charge is 0.379 e. The average Bonchev–Trinajstić information content (AvgIpc) is 2.18. The zero-order valence-corrected chi connectivity index (χ0v) is 8.73. The lowest BCUT2D eigenvalue weighted by atomic mass is 10.2. The summed E-state index contributed by atoms with van der Waals surface area (Å²) in [7, 11) is 0. The maximum atomic E-state index is 5.41. The first kappa shape index (κ1) is 10.9. The molecule has 0 aromatic carbocycles. The Labute approximate surface area is 84.7 Å². The van der Waals surface area contributed by atoms with Crippen molar-refractivity contribution >= 4 is 5.82 Å². The van der Waals surface area contributed by atoms with Gasteiger partial charge in [-0.05, 0) is 5.92 Å². The van der Waals surface area contributed by atoms with Crippen molar-refractivity contribution in [1.82, 2.24) is 9.97 Å². The van der Waals surface area contributed by atoms with Crippen LogP contribution in [0.15, 0.2) is 18.6 Å². The molecule has 1 aromatic heterocycles. The molecule has 0 radical (unpaired) electrons. The number of rotatable bonds is 6. The van der Waals surface area contributed by atoms with Gasteiger partial charge in [0.25, 0.3) is 0 Å². The molecule has 0 spiro atoms. The molecule has 4 nitrogen and oxygen atoms in total. The van der Waals surface area contributed by atoms with Gasteiger partial charge in [0.05, 0.1) is 12.8 Å². The van der Waals surface area contributed by atoms with E-state index in [1.807, 2.05) is 0 Å². The molecule has 1 N–H and O–H groups in total. The molecule has 0 aliphatic heterocycles. The van der Waals surface area contributed by atoms with Crippen LogP contribution in [0.1, 0.15) is 13.8 Å². The number of hydrogen-bond donors (Lipinski definition) is 1. The van der Waals surface area contributed by atoms with E-state index in [0.717, 1.165) is 19.0 Å². The van der Waals surface area contributed by atoms with Gasteiger partial charge in [0.2, 0.25) is 0 Å². The molecule has 1 heterocycles. The van der Waals surface area contributed by atoms with E-state index >= 15 is 0 Å². The molecule has 0 aliphatic rings. The van der Waals surface area contributed by atoms with Gasteiger partial charge in [-0.1, -0.05) is 13.8 Å². The third-order valence-corrected chi connectivity index (χ3v) is 1.57. The fraction of sp³-hybridized carbons (Fsp3) is 0.600. The van der Waals surface area contributed by atoms with Gasteiger partial charge in [-0.2, -0.15) is 0 Å². The van der Waals surface area contributed by atoms with Crippen molar-refractivity contribution in [3.8, 4) is 0 Å². The van der Waals surface area contributed by atoms with Crippen molar-refractivity contribution < 1.29 is 4.74 Å². The first-order chi connectivity index (χ1) is 6.79. The Morgan fingerprint density at radius 3 is 2.93 bits per heavy atom. The Balaban J connectivity index is 2.05. The van der Waals surface area contributed by atoms with Gasteiger partial charge in [-0.15, -0.1) is 0 Å². The normalized spacial score (nSPS) is 10.5. The molecule has 0 unspecified atom stereocenters. The summed E-state index contributed by atoms with van der Waals surface area (Å²) in [6.45, 7) is 6.55. The number of anilines is 1. The van der Waals surface area contributed by atoms with Gasteiger partial charge in [-0.3, -0.25) is 4.98 Å². The van der Waals surface area contributed by atoms with Crippen LogP contribution in [0.2, 0.25) is 0 Å². The molecular formula is C10H17N3O. The summed E-state index contributed by atoms with van der Waals surface area (Å²) in [5, 5.41) is 3.12. The lowest BCUT2D eigenvalue weighted by Crippen LogP contribution is -2.12. The molecule has 0 bridgehead atoms. The Bertz CT molecular complexity index is 238.